The predicted octanol–water partition coefficient (Wildman–Crippen LogP) is 2.97. The second-order valence-corrected chi connectivity index (χ2v) is 9.95. The smallest absolute Gasteiger partial charge is 0.261 e. The van der Waals surface area contributed by atoms with Crippen LogP contribution in [0.15, 0.2) is 58.9 Å². The molecule has 0 aliphatic carbocycles. The van der Waals surface area contributed by atoms with E-state index in [1.807, 2.05) is 0 Å². The third-order valence-electron chi connectivity index (χ3n) is 5.25. The zero-order valence-electron chi connectivity index (χ0n) is 17.3. The molecule has 4 rings (SSSR count). The molecule has 3 aromatic rings. The minimum atomic E-state index is -3.88. The van der Waals surface area contributed by atoms with Crippen LogP contribution in [0.5, 0.6) is 0 Å². The van der Waals surface area contributed by atoms with Gasteiger partial charge in [-0.1, -0.05) is 11.3 Å². The first kappa shape index (κ1) is 22.8. The minimum Gasteiger partial charge on any atom is -0.339 e. The zero-order chi connectivity index (χ0) is 23.4. The van der Waals surface area contributed by atoms with Gasteiger partial charge in [-0.15, -0.1) is 10.2 Å². The highest BCUT2D eigenvalue weighted by atomic mass is 32.2. The fraction of sp³-hybridized carbons (Fsp3) is 0.238. The van der Waals surface area contributed by atoms with Crippen molar-refractivity contribution in [3.8, 4) is 0 Å². The summed E-state index contributed by atoms with van der Waals surface area (Å²) in [7, 11) is -3.88. The van der Waals surface area contributed by atoms with Crippen LogP contribution in [0.3, 0.4) is 0 Å². The molecule has 1 saturated heterocycles. The van der Waals surface area contributed by atoms with Crippen molar-refractivity contribution in [1.82, 2.24) is 15.1 Å². The Hall–Kier alpha value is -3.38. The average Bonchev–Trinajstić information content (AvgIpc) is 3.33. The zero-order valence-corrected chi connectivity index (χ0v) is 18.9. The number of nitrogens with zero attached hydrogens (tertiary/aromatic N) is 3. The first-order valence-corrected chi connectivity index (χ1v) is 12.4. The van der Waals surface area contributed by atoms with Gasteiger partial charge in [0.05, 0.1) is 4.90 Å². The number of aromatic nitrogens is 2. The summed E-state index contributed by atoms with van der Waals surface area (Å²) in [6.45, 7) is 0.832. The van der Waals surface area contributed by atoms with E-state index < -0.39 is 15.8 Å². The van der Waals surface area contributed by atoms with Crippen LogP contribution in [0.4, 0.5) is 15.2 Å². The maximum absolute atomic E-state index is 13.0. The van der Waals surface area contributed by atoms with Gasteiger partial charge in [-0.3, -0.25) is 14.3 Å². The summed E-state index contributed by atoms with van der Waals surface area (Å²) in [6.07, 6.45) is 1.04. The molecule has 12 heteroatoms. The summed E-state index contributed by atoms with van der Waals surface area (Å²) in [6, 6.07) is 10.6. The molecule has 1 aliphatic rings. The number of likely N-dealkylation sites (tertiary alicyclic amines) is 1. The van der Waals surface area contributed by atoms with Gasteiger partial charge in [-0.05, 0) is 61.4 Å². The van der Waals surface area contributed by atoms with Gasteiger partial charge in [0.1, 0.15) is 11.3 Å². The van der Waals surface area contributed by atoms with Crippen molar-refractivity contribution in [2.24, 2.45) is 5.92 Å². The number of piperidine rings is 1. The number of sulfonamides is 1. The van der Waals surface area contributed by atoms with Gasteiger partial charge in [0.25, 0.3) is 15.9 Å². The Morgan fingerprint density at radius 1 is 1.03 bits per heavy atom. The molecule has 0 atom stereocenters. The third-order valence-corrected chi connectivity index (χ3v) is 7.25. The molecule has 1 fully saturated rings. The van der Waals surface area contributed by atoms with E-state index in [9.17, 15) is 22.4 Å². The van der Waals surface area contributed by atoms with E-state index in [0.717, 1.165) is 12.1 Å². The lowest BCUT2D eigenvalue weighted by molar-refractivity contribution is -0.121. The molecule has 2 heterocycles. The Morgan fingerprint density at radius 2 is 1.70 bits per heavy atom. The van der Waals surface area contributed by atoms with Crippen molar-refractivity contribution in [1.29, 1.82) is 0 Å². The second kappa shape index (κ2) is 9.63. The number of rotatable bonds is 6. The number of carbonyl (C=O) groups excluding carboxylic acids is 2. The van der Waals surface area contributed by atoms with Crippen LogP contribution < -0.4 is 10.0 Å². The molecule has 2 amide bonds. The molecule has 0 spiro atoms. The molecule has 0 bridgehead atoms. The summed E-state index contributed by atoms with van der Waals surface area (Å²) in [5.41, 5.74) is 2.12. The fourth-order valence-electron chi connectivity index (χ4n) is 3.47. The number of halogens is 1. The SMILES string of the molecule is O=C(Nc1nncs1)C1CCN(C(=O)c2ccc(S(=O)(=O)Nc3ccc(F)cc3)cc2)CC1. The number of carbonyl (C=O) groups is 2. The Labute approximate surface area is 193 Å². The van der Waals surface area contributed by atoms with Crippen LogP contribution in [-0.4, -0.2) is 48.4 Å². The number of nitrogens with one attached hydrogen (secondary N) is 2. The Bertz CT molecular complexity index is 1220. The van der Waals surface area contributed by atoms with Crippen molar-refractivity contribution in [3.63, 3.8) is 0 Å². The van der Waals surface area contributed by atoms with Gasteiger partial charge in [0.15, 0.2) is 0 Å². The monoisotopic (exact) mass is 489 g/mol. The van der Waals surface area contributed by atoms with Gasteiger partial charge in [0.2, 0.25) is 11.0 Å². The summed E-state index contributed by atoms with van der Waals surface area (Å²) in [5.74, 6) is -1.05. The van der Waals surface area contributed by atoms with Gasteiger partial charge in [0, 0.05) is 30.3 Å². The van der Waals surface area contributed by atoms with Gasteiger partial charge in [-0.2, -0.15) is 0 Å². The van der Waals surface area contributed by atoms with E-state index >= 15 is 0 Å². The summed E-state index contributed by atoms with van der Waals surface area (Å²) >= 11 is 1.24. The number of hydrogen-bond donors (Lipinski definition) is 2. The highest BCUT2D eigenvalue weighted by Crippen LogP contribution is 2.22. The topological polar surface area (TPSA) is 121 Å². The number of anilines is 2. The van der Waals surface area contributed by atoms with Crippen molar-refractivity contribution < 1.29 is 22.4 Å². The number of amides is 2. The molecule has 33 heavy (non-hydrogen) atoms. The Balaban J connectivity index is 1.34. The van der Waals surface area contributed by atoms with E-state index in [-0.39, 0.29) is 28.3 Å². The summed E-state index contributed by atoms with van der Waals surface area (Å²) in [4.78, 5) is 26.8. The highest BCUT2D eigenvalue weighted by molar-refractivity contribution is 7.92. The van der Waals surface area contributed by atoms with E-state index in [1.54, 1.807) is 4.90 Å². The molecule has 2 N–H and O–H groups in total. The molecule has 2 aromatic carbocycles. The normalized spacial score (nSPS) is 14.6. The standard InChI is InChI=1S/C21H20FN5O4S2/c22-16-3-5-17(6-4-16)26-33(30,31)18-7-1-15(2-8-18)20(29)27-11-9-14(10-12-27)19(28)24-21-25-23-13-32-21/h1-8,13-14,26H,9-12H2,(H,24,25,28). The Kier molecular flexibility index (Phi) is 6.65. The lowest BCUT2D eigenvalue weighted by Crippen LogP contribution is -2.41. The van der Waals surface area contributed by atoms with Crippen molar-refractivity contribution in [2.75, 3.05) is 23.1 Å². The molecule has 1 aliphatic heterocycles. The first-order valence-electron chi connectivity index (χ1n) is 10.1. The van der Waals surface area contributed by atoms with Gasteiger partial charge >= 0.3 is 0 Å². The molecule has 0 saturated carbocycles. The van der Waals surface area contributed by atoms with Crippen molar-refractivity contribution in [2.45, 2.75) is 17.7 Å². The van der Waals surface area contributed by atoms with E-state index in [2.05, 4.69) is 20.2 Å². The second-order valence-electron chi connectivity index (χ2n) is 7.44. The lowest BCUT2D eigenvalue weighted by atomic mass is 9.95. The van der Waals surface area contributed by atoms with Crippen molar-refractivity contribution in [3.05, 3.63) is 65.4 Å². The van der Waals surface area contributed by atoms with Crippen LogP contribution in [-0.2, 0) is 14.8 Å². The molecule has 1 aromatic heterocycles. The van der Waals surface area contributed by atoms with Crippen LogP contribution >= 0.6 is 11.3 Å². The Morgan fingerprint density at radius 3 is 2.30 bits per heavy atom. The van der Waals surface area contributed by atoms with Crippen LogP contribution in [0.1, 0.15) is 23.2 Å². The summed E-state index contributed by atoms with van der Waals surface area (Å²) < 4.78 is 40.5. The van der Waals surface area contributed by atoms with Gasteiger partial charge < -0.3 is 10.2 Å². The largest absolute Gasteiger partial charge is 0.339 e. The van der Waals surface area contributed by atoms with Crippen molar-refractivity contribution >= 4 is 44.0 Å². The average molecular weight is 490 g/mol. The molecule has 172 valence electrons. The van der Waals surface area contributed by atoms with Crippen LogP contribution in [0, 0.1) is 11.7 Å². The molecule has 9 nitrogen and oxygen atoms in total. The van der Waals surface area contributed by atoms with Crippen LogP contribution in [0.2, 0.25) is 0 Å². The summed E-state index contributed by atoms with van der Waals surface area (Å²) in [5, 5.41) is 10.7. The molecular formula is C21H20FN5O4S2. The molecular weight excluding hydrogens is 469 g/mol. The number of benzene rings is 2. The van der Waals surface area contributed by atoms with E-state index in [1.165, 1.54) is 53.2 Å². The van der Waals surface area contributed by atoms with Gasteiger partial charge in [-0.25, -0.2) is 12.8 Å². The lowest BCUT2D eigenvalue weighted by Gasteiger charge is -2.31. The quantitative estimate of drug-likeness (QED) is 0.549. The minimum absolute atomic E-state index is 0.0181. The maximum atomic E-state index is 13.0. The predicted molar refractivity (Wildman–Crippen MR) is 121 cm³/mol. The van der Waals surface area contributed by atoms with Crippen LogP contribution in [0.25, 0.3) is 0 Å². The fourth-order valence-corrected chi connectivity index (χ4v) is 4.98. The molecule has 0 radical (unpaired) electrons. The molecule has 0 unspecified atom stereocenters. The van der Waals surface area contributed by atoms with E-state index in [0.29, 0.717) is 36.6 Å². The third kappa shape index (κ3) is 5.52. The first-order chi connectivity index (χ1) is 15.8. The number of hydrogen-bond acceptors (Lipinski definition) is 7. The maximum Gasteiger partial charge on any atom is 0.261 e. The highest BCUT2D eigenvalue weighted by Gasteiger charge is 2.28. The van der Waals surface area contributed by atoms with E-state index in [4.69, 9.17) is 0 Å².